The van der Waals surface area contributed by atoms with Crippen LogP contribution >= 0.6 is 120 Å². The zero-order chi connectivity index (χ0) is 101. The summed E-state index contributed by atoms with van der Waals surface area (Å²) < 4.78 is 219. The highest BCUT2D eigenvalue weighted by Crippen LogP contribution is 2.41. The van der Waals surface area contributed by atoms with Crippen LogP contribution in [-0.4, -0.2) is 201 Å². The zero-order valence-corrected chi connectivity index (χ0v) is 90.0. The van der Waals surface area contributed by atoms with Crippen LogP contribution in [0.25, 0.3) is 0 Å². The van der Waals surface area contributed by atoms with E-state index in [4.69, 9.17) is 54.7 Å². The highest BCUT2D eigenvalue weighted by molar-refractivity contribution is 9.11. The number of nitrogens with one attached hydrogen (secondary N) is 3. The lowest BCUT2D eigenvalue weighted by molar-refractivity contribution is -0.122. The average molecular weight is 2340 g/mol. The maximum absolute atomic E-state index is 15.6. The summed E-state index contributed by atoms with van der Waals surface area (Å²) in [6, 6.07) is 25.7. The number of anilines is 5. The van der Waals surface area contributed by atoms with E-state index in [0.717, 1.165) is 111 Å². The van der Waals surface area contributed by atoms with Crippen molar-refractivity contribution >= 4 is 192 Å². The molecule has 3 fully saturated rings. The van der Waals surface area contributed by atoms with E-state index in [1.54, 1.807) is 90.5 Å². The van der Waals surface area contributed by atoms with Gasteiger partial charge in [0.1, 0.15) is 99.7 Å². The molecule has 6 N–H and O–H groups in total. The number of methoxy groups -OCH3 is 6. The minimum atomic E-state index is -4.41. The van der Waals surface area contributed by atoms with E-state index < -0.39 is 88.5 Å². The number of hydrogen-bond donors (Lipinski definition) is 5. The van der Waals surface area contributed by atoms with Gasteiger partial charge in [0.2, 0.25) is 0 Å². The maximum atomic E-state index is 15.6. The Morgan fingerprint density at radius 2 is 0.803 bits per heavy atom. The quantitative estimate of drug-likeness (QED) is 0.0121. The molecule has 0 radical (unpaired) electrons. The molecule has 11 aromatic rings. The largest absolute Gasteiger partial charge is 0.497 e. The molecule has 0 bridgehead atoms. The predicted octanol–water partition coefficient (Wildman–Crippen LogP) is 20.6. The fourth-order valence-corrected chi connectivity index (χ4v) is 25.5. The van der Waals surface area contributed by atoms with Gasteiger partial charge in [0.15, 0.2) is 25.2 Å². The van der Waals surface area contributed by atoms with Gasteiger partial charge in [0.25, 0.3) is 35.6 Å². The number of halogens is 11. The number of rotatable bonds is 30. The van der Waals surface area contributed by atoms with Crippen LogP contribution in [0.2, 0.25) is 0 Å². The van der Waals surface area contributed by atoms with Crippen molar-refractivity contribution in [1.29, 1.82) is 0 Å². The van der Waals surface area contributed by atoms with Gasteiger partial charge in [-0.1, -0.05) is 38.5 Å². The van der Waals surface area contributed by atoms with Gasteiger partial charge in [-0.25, -0.2) is 88.6 Å². The Kier molecular flexibility index (Phi) is 45.0. The average Bonchev–Trinajstić information content (AvgIpc) is 1.71. The Bertz CT molecular complexity index is 6220. The van der Waals surface area contributed by atoms with Crippen molar-refractivity contribution in [2.75, 3.05) is 110 Å². The smallest absolute Gasteiger partial charge is 0.290 e. The van der Waals surface area contributed by atoms with Crippen LogP contribution in [0.15, 0.2) is 187 Å². The molecule has 0 amide bonds. The van der Waals surface area contributed by atoms with Crippen LogP contribution in [0.3, 0.4) is 0 Å². The van der Waals surface area contributed by atoms with Crippen molar-refractivity contribution in [3.05, 3.63) is 224 Å². The number of sulfonamides is 2. The zero-order valence-electron chi connectivity index (χ0n) is 76.4. The van der Waals surface area contributed by atoms with Crippen LogP contribution in [0, 0.1) is 34.9 Å². The molecule has 0 spiro atoms. The Morgan fingerprint density at radius 3 is 1.18 bits per heavy atom. The number of nitrogens with zero attached hydrogens (tertiary/aromatic N) is 9. The number of carboxylic acid groups (broad SMARTS) is 1. The number of likely N-dealkylation sites (N-methyl/N-ethyl adjacent to an activating group) is 3. The van der Waals surface area contributed by atoms with E-state index >= 15 is 4.39 Å². The summed E-state index contributed by atoms with van der Waals surface area (Å²) in [7, 11) is 9.85. The van der Waals surface area contributed by atoms with E-state index in [-0.39, 0.29) is 61.5 Å². The van der Waals surface area contributed by atoms with E-state index in [0.29, 0.717) is 102 Å². The molecular weight excluding hydrogens is 2230 g/mol. The highest BCUT2D eigenvalue weighted by Gasteiger charge is 2.37. The molecule has 3 saturated carbocycles. The van der Waals surface area contributed by atoms with Crippen LogP contribution in [-0.2, 0) is 69.1 Å². The van der Waals surface area contributed by atoms with Gasteiger partial charge in [0, 0.05) is 156 Å². The summed E-state index contributed by atoms with van der Waals surface area (Å²) in [6.45, 7) is 0.144. The molecule has 0 aliphatic heterocycles. The molecule has 14 rings (SSSR count). The Hall–Kier alpha value is -8.24. The first-order valence-electron chi connectivity index (χ1n) is 41.8. The SMILES string of the molecule is CN(C)[C@H]1CCCCC1N.CN(C)[C@H]1CCCC[C@@H]1Nc1cc(F)c(S(=O)(=O)Cc2nccs2)cc1Br.COc1ccc(CN(c2nccs2)S(=O)(=O)c2cc(Br)c(F)cc2F)c(OC)c1.COc1ccc(CN(c2nccs2)S(=O)(=O)c2cc(Br)c(N[C@H]3CCCC[C@@H]3N(C)C)cc2F)c(OC)c1.COc1ccc(CNc2nccs2)c(OC)c1.O=CO.O=S(=O)(Cl)c1cc(Br)c(F)cc1F. The lowest BCUT2D eigenvalue weighted by atomic mass is 9.89. The molecule has 3 aliphatic carbocycles. The first kappa shape index (κ1) is 114. The summed E-state index contributed by atoms with van der Waals surface area (Å²) in [5.74, 6) is -2.53. The van der Waals surface area contributed by atoms with Crippen LogP contribution < -0.4 is 58.7 Å². The number of thiazole rings is 4. The molecule has 7 aromatic carbocycles. The minimum absolute atomic E-state index is 0.105. The van der Waals surface area contributed by atoms with E-state index in [2.05, 4.69) is 142 Å². The second kappa shape index (κ2) is 54.1. The Morgan fingerprint density at radius 1 is 0.445 bits per heavy atom. The molecule has 1 unspecified atom stereocenters. The van der Waals surface area contributed by atoms with Gasteiger partial charge < -0.3 is 69.9 Å². The summed E-state index contributed by atoms with van der Waals surface area (Å²) in [4.78, 5) is 29.2. The third kappa shape index (κ3) is 32.4. The van der Waals surface area contributed by atoms with Gasteiger partial charge in [-0.15, -0.1) is 45.3 Å². The second-order valence-corrected chi connectivity index (χ2v) is 46.3. The summed E-state index contributed by atoms with van der Waals surface area (Å²) in [5, 5.41) is 25.6. The number of benzene rings is 7. The number of sulfone groups is 1. The first-order valence-corrected chi connectivity index (χ1v) is 55.3. The molecule has 4 heterocycles. The van der Waals surface area contributed by atoms with Crippen LogP contribution in [0.5, 0.6) is 34.5 Å². The summed E-state index contributed by atoms with van der Waals surface area (Å²) >= 11 is 17.6. The summed E-state index contributed by atoms with van der Waals surface area (Å²) in [6.07, 6.45) is 20.1. The summed E-state index contributed by atoms with van der Waals surface area (Å²) in [5.41, 5.74) is 9.21. The highest BCUT2D eigenvalue weighted by atomic mass is 79.9. The first-order chi connectivity index (χ1) is 65.0. The normalized spacial score (nSPS) is 16.4. The number of nitrogens with two attached hydrogens (primary N) is 1. The Balaban J connectivity index is 0.000000210. The van der Waals surface area contributed by atoms with Crippen molar-refractivity contribution in [1.82, 2.24) is 34.6 Å². The van der Waals surface area contributed by atoms with E-state index in [9.17, 15) is 55.6 Å². The van der Waals surface area contributed by atoms with Crippen LogP contribution in [0.4, 0.5) is 53.1 Å². The fourth-order valence-electron chi connectivity index (χ4n) is 14.8. The second-order valence-electron chi connectivity index (χ2n) is 31.1. The maximum Gasteiger partial charge on any atom is 0.290 e. The van der Waals surface area contributed by atoms with Gasteiger partial charge in [-0.3, -0.25) is 4.79 Å². The molecule has 0 saturated heterocycles. The standard InChI is InChI=1S/C26H32BrFN4O4S2.C18H15BrF2N2O4S2.C18H23BrFN3O2S2.C12H14N2O2S.C8H18N2.C6H2BrClF2O2S.CH2O2/c1-31(2)23-8-6-5-7-21(23)30-22-15-20(28)25(14-19(22)27)38(33,34)32(26-29-11-12-37-26)16-17-9-10-18(35-3)13-24(17)36-4;1-26-12-4-3-11(16(7-12)27-2)10-23(18-22-5-6-28-18)29(24,25)17-8-13(19)14(20)9-15(17)21;1-23(2)16-6-4-3-5-14(16)22-15-10-13(20)17(9-12(15)19)27(24,25)11-18-21-7-8-26-18;1-15-10-4-3-9(11(7-10)16-2)8-14-12-13-5-6-17-12;1-10(2)8-6-4-3-5-7(8)9;7-3-1-6(13(8,11)12)5(10)2-4(3)9;2-1-3/h9-15,21,23,30H,5-8,16H2,1-4H3;3-9H,10H2,1-2H3;7-10,14,16,22H,3-6,11H2,1-2H3;3-7H,8H2,1-2H3,(H,13,14);7-8H,3-6,9H2,1-2H3;1-2H;1H,(H,2,3)/t21-,23-;;14-,16-;;7?,8-;;/m0.0.0../s1. The van der Waals surface area contributed by atoms with Crippen molar-refractivity contribution in [3.8, 4) is 34.5 Å². The third-order valence-electron chi connectivity index (χ3n) is 21.7. The van der Waals surface area contributed by atoms with Crippen molar-refractivity contribution in [2.24, 2.45) is 5.73 Å². The van der Waals surface area contributed by atoms with Crippen molar-refractivity contribution in [2.45, 2.75) is 158 Å². The number of hydrogen-bond acceptors (Lipinski definition) is 30. The monoisotopic (exact) mass is 2330 g/mol. The fraction of sp³-hybridized carbons (Fsp3) is 0.382. The molecule has 748 valence electrons. The van der Waals surface area contributed by atoms with Crippen molar-refractivity contribution < 1.29 is 98.3 Å². The van der Waals surface area contributed by atoms with Gasteiger partial charge in [-0.2, -0.15) is 0 Å². The number of ether oxygens (including phenoxy) is 6. The minimum Gasteiger partial charge on any atom is -0.497 e. The predicted molar refractivity (Wildman–Crippen MR) is 541 cm³/mol. The van der Waals surface area contributed by atoms with Gasteiger partial charge in [0.05, 0.1) is 76.1 Å². The molecule has 4 aromatic heterocycles. The molecule has 29 nitrogen and oxygen atoms in total. The van der Waals surface area contributed by atoms with Gasteiger partial charge in [-0.05, 0) is 217 Å². The Labute approximate surface area is 849 Å². The van der Waals surface area contributed by atoms with E-state index in [1.807, 2.05) is 37.7 Å². The lowest BCUT2D eigenvalue weighted by Crippen LogP contribution is -2.46. The molecule has 3 aliphatic rings. The topological polar surface area (TPSA) is 359 Å². The lowest BCUT2D eigenvalue weighted by Gasteiger charge is -2.37. The molecule has 48 heteroatoms. The molecule has 137 heavy (non-hydrogen) atoms. The third-order valence-corrected chi connectivity index (χ3v) is 34.2. The molecule has 6 atom stereocenters. The van der Waals surface area contributed by atoms with Crippen molar-refractivity contribution in [3.63, 3.8) is 0 Å². The van der Waals surface area contributed by atoms with Gasteiger partial charge >= 0.3 is 0 Å². The number of carbonyl (C=O) groups is 1. The van der Waals surface area contributed by atoms with Crippen LogP contribution in [0.1, 0.15) is 98.7 Å². The molecular formula is C89H106Br4ClF6N13O16S8. The van der Waals surface area contributed by atoms with E-state index in [1.165, 1.54) is 109 Å². The number of aromatic nitrogens is 4.